The Morgan fingerprint density at radius 3 is 2.80 bits per heavy atom. The summed E-state index contributed by atoms with van der Waals surface area (Å²) in [7, 11) is 0. The predicted molar refractivity (Wildman–Crippen MR) is 83.3 cm³/mol. The molecule has 0 saturated heterocycles. The summed E-state index contributed by atoms with van der Waals surface area (Å²) < 4.78 is 6.22. The third-order valence-corrected chi connectivity index (χ3v) is 3.81. The van der Waals surface area contributed by atoms with E-state index >= 15 is 0 Å². The second-order valence-corrected chi connectivity index (χ2v) is 5.96. The first-order valence-corrected chi connectivity index (χ1v) is 7.74. The highest BCUT2D eigenvalue weighted by molar-refractivity contribution is 9.10. The maximum Gasteiger partial charge on any atom is 0.277 e. The van der Waals surface area contributed by atoms with Crippen LogP contribution in [0.2, 0.25) is 5.02 Å². The lowest BCUT2D eigenvalue weighted by molar-refractivity contribution is -0.123. The maximum absolute atomic E-state index is 11.6. The van der Waals surface area contributed by atoms with Crippen LogP contribution < -0.4 is 10.2 Å². The molecule has 0 radical (unpaired) electrons. The molecule has 0 unspecified atom stereocenters. The van der Waals surface area contributed by atoms with Crippen molar-refractivity contribution in [3.8, 4) is 5.75 Å². The van der Waals surface area contributed by atoms with E-state index in [0.717, 1.165) is 35.9 Å². The van der Waals surface area contributed by atoms with Crippen LogP contribution in [0.25, 0.3) is 0 Å². The lowest BCUT2D eigenvalue weighted by atomic mass is 9.99. The quantitative estimate of drug-likeness (QED) is 0.828. The number of ether oxygens (including phenoxy) is 1. The maximum atomic E-state index is 11.6. The minimum Gasteiger partial charge on any atom is -0.482 e. The van der Waals surface area contributed by atoms with Gasteiger partial charge in [0.15, 0.2) is 6.61 Å². The Morgan fingerprint density at radius 1 is 1.35 bits per heavy atom. The standard InChI is InChI=1S/C14H16BrClN2O2/c15-10-6-7-13(12(16)8-10)20-9-14(19)18-17-11-4-2-1-3-5-11/h6-8H,1-5,9H2,(H,18,19). The van der Waals surface area contributed by atoms with Gasteiger partial charge in [0.25, 0.3) is 5.91 Å². The van der Waals surface area contributed by atoms with Gasteiger partial charge in [-0.1, -0.05) is 34.0 Å². The molecule has 0 spiro atoms. The van der Waals surface area contributed by atoms with Gasteiger partial charge in [-0.2, -0.15) is 5.10 Å². The summed E-state index contributed by atoms with van der Waals surface area (Å²) in [5.74, 6) is 0.206. The van der Waals surface area contributed by atoms with E-state index in [1.54, 1.807) is 18.2 Å². The van der Waals surface area contributed by atoms with Crippen LogP contribution in [-0.2, 0) is 4.79 Å². The molecule has 6 heteroatoms. The number of rotatable bonds is 4. The summed E-state index contributed by atoms with van der Waals surface area (Å²) in [6.07, 6.45) is 5.50. The molecule has 0 aliphatic heterocycles. The lowest BCUT2D eigenvalue weighted by Crippen LogP contribution is -2.26. The van der Waals surface area contributed by atoms with E-state index in [0.29, 0.717) is 10.8 Å². The Morgan fingerprint density at radius 2 is 2.10 bits per heavy atom. The molecular weight excluding hydrogens is 344 g/mol. The van der Waals surface area contributed by atoms with Crippen LogP contribution in [0.5, 0.6) is 5.75 Å². The molecule has 1 fully saturated rings. The topological polar surface area (TPSA) is 50.7 Å². The van der Waals surface area contributed by atoms with Crippen LogP contribution in [0.3, 0.4) is 0 Å². The summed E-state index contributed by atoms with van der Waals surface area (Å²) in [5, 5.41) is 4.59. The van der Waals surface area contributed by atoms with Gasteiger partial charge in [0.05, 0.1) is 5.02 Å². The van der Waals surface area contributed by atoms with Crippen LogP contribution in [0.1, 0.15) is 32.1 Å². The molecule has 1 saturated carbocycles. The van der Waals surface area contributed by atoms with Gasteiger partial charge in [-0.15, -0.1) is 0 Å². The largest absolute Gasteiger partial charge is 0.482 e. The smallest absolute Gasteiger partial charge is 0.277 e. The highest BCUT2D eigenvalue weighted by atomic mass is 79.9. The van der Waals surface area contributed by atoms with E-state index in [1.807, 2.05) is 0 Å². The van der Waals surface area contributed by atoms with Gasteiger partial charge in [-0.3, -0.25) is 4.79 Å². The van der Waals surface area contributed by atoms with Crippen molar-refractivity contribution < 1.29 is 9.53 Å². The summed E-state index contributed by atoms with van der Waals surface area (Å²) in [6.45, 7) is -0.0991. The normalized spacial score (nSPS) is 14.8. The third kappa shape index (κ3) is 4.80. The highest BCUT2D eigenvalue weighted by Crippen LogP contribution is 2.27. The fourth-order valence-electron chi connectivity index (χ4n) is 1.98. The van der Waals surface area contributed by atoms with Crippen LogP contribution >= 0.6 is 27.5 Å². The Bertz CT molecular complexity index is 512. The van der Waals surface area contributed by atoms with Crippen molar-refractivity contribution in [2.24, 2.45) is 5.10 Å². The van der Waals surface area contributed by atoms with Crippen molar-refractivity contribution in [2.45, 2.75) is 32.1 Å². The van der Waals surface area contributed by atoms with Crippen molar-refractivity contribution >= 4 is 39.1 Å². The first-order chi connectivity index (χ1) is 9.65. The van der Waals surface area contributed by atoms with Gasteiger partial charge in [-0.25, -0.2) is 5.43 Å². The number of hydrazone groups is 1. The second-order valence-electron chi connectivity index (χ2n) is 4.64. The van der Waals surface area contributed by atoms with Crippen LogP contribution in [0.4, 0.5) is 0 Å². The zero-order chi connectivity index (χ0) is 14.4. The van der Waals surface area contributed by atoms with E-state index in [1.165, 1.54) is 6.42 Å². The number of nitrogens with zero attached hydrogens (tertiary/aromatic N) is 1. The molecule has 1 amide bonds. The van der Waals surface area contributed by atoms with Crippen LogP contribution in [0, 0.1) is 0 Å². The van der Waals surface area contributed by atoms with Gasteiger partial charge in [0.2, 0.25) is 0 Å². The molecule has 1 aromatic carbocycles. The highest BCUT2D eigenvalue weighted by Gasteiger charge is 2.09. The van der Waals surface area contributed by atoms with Crippen molar-refractivity contribution in [3.05, 3.63) is 27.7 Å². The molecule has 0 heterocycles. The average molecular weight is 360 g/mol. The number of amides is 1. The summed E-state index contributed by atoms with van der Waals surface area (Å²) in [5.41, 5.74) is 3.59. The molecule has 0 atom stereocenters. The number of carbonyl (C=O) groups excluding carboxylic acids is 1. The number of benzene rings is 1. The minimum absolute atomic E-state index is 0.0991. The fraction of sp³-hybridized carbons (Fsp3) is 0.429. The number of halogens is 2. The molecule has 1 N–H and O–H groups in total. The third-order valence-electron chi connectivity index (χ3n) is 3.02. The van der Waals surface area contributed by atoms with E-state index in [9.17, 15) is 4.79 Å². The summed E-state index contributed by atoms with van der Waals surface area (Å²) in [6, 6.07) is 5.24. The Kier molecular flexibility index (Phi) is 5.86. The van der Waals surface area contributed by atoms with Gasteiger partial charge in [0.1, 0.15) is 5.75 Å². The Balaban J connectivity index is 1.80. The van der Waals surface area contributed by atoms with Gasteiger partial charge in [-0.05, 0) is 43.9 Å². The van der Waals surface area contributed by atoms with Crippen molar-refractivity contribution in [1.29, 1.82) is 0 Å². The van der Waals surface area contributed by atoms with Gasteiger partial charge < -0.3 is 4.74 Å². The number of hydrogen-bond donors (Lipinski definition) is 1. The number of hydrogen-bond acceptors (Lipinski definition) is 3. The van der Waals surface area contributed by atoms with Crippen molar-refractivity contribution in [3.63, 3.8) is 0 Å². The van der Waals surface area contributed by atoms with Crippen LogP contribution in [-0.4, -0.2) is 18.2 Å². The lowest BCUT2D eigenvalue weighted by Gasteiger charge is -2.12. The van der Waals surface area contributed by atoms with E-state index in [-0.39, 0.29) is 12.5 Å². The Hall–Kier alpha value is -1.07. The molecule has 20 heavy (non-hydrogen) atoms. The molecule has 108 valence electrons. The zero-order valence-corrected chi connectivity index (χ0v) is 13.3. The monoisotopic (exact) mass is 358 g/mol. The average Bonchev–Trinajstić information content (AvgIpc) is 2.45. The zero-order valence-electron chi connectivity index (χ0n) is 11.0. The van der Waals surface area contributed by atoms with Gasteiger partial charge >= 0.3 is 0 Å². The van der Waals surface area contributed by atoms with E-state index in [2.05, 4.69) is 26.5 Å². The first-order valence-electron chi connectivity index (χ1n) is 6.57. The van der Waals surface area contributed by atoms with Crippen LogP contribution in [0.15, 0.2) is 27.8 Å². The predicted octanol–water partition coefficient (Wildman–Crippen LogP) is 3.92. The van der Waals surface area contributed by atoms with E-state index in [4.69, 9.17) is 16.3 Å². The second kappa shape index (κ2) is 7.64. The molecule has 0 aromatic heterocycles. The molecule has 1 aromatic rings. The number of carbonyl (C=O) groups is 1. The SMILES string of the molecule is O=C(COc1ccc(Br)cc1Cl)NN=C1CCCCC1. The first kappa shape index (κ1) is 15.3. The van der Waals surface area contributed by atoms with Crippen molar-refractivity contribution in [1.82, 2.24) is 5.43 Å². The molecule has 1 aliphatic rings. The molecule has 2 rings (SSSR count). The fourth-order valence-corrected chi connectivity index (χ4v) is 2.71. The van der Waals surface area contributed by atoms with Gasteiger partial charge in [0, 0.05) is 10.2 Å². The van der Waals surface area contributed by atoms with E-state index < -0.39 is 0 Å². The summed E-state index contributed by atoms with van der Waals surface area (Å²) >= 11 is 9.31. The molecular formula is C14H16BrClN2O2. The molecule has 0 bridgehead atoms. The molecule has 4 nitrogen and oxygen atoms in total. The van der Waals surface area contributed by atoms with Crippen molar-refractivity contribution in [2.75, 3.05) is 6.61 Å². The minimum atomic E-state index is -0.276. The number of nitrogens with one attached hydrogen (secondary N) is 1. The summed E-state index contributed by atoms with van der Waals surface area (Å²) in [4.78, 5) is 11.6. The Labute approximate surface area is 131 Å². The molecule has 1 aliphatic carbocycles.